The summed E-state index contributed by atoms with van der Waals surface area (Å²) in [6, 6.07) is 9.74. The smallest absolute Gasteiger partial charge is 0.410 e. The van der Waals surface area contributed by atoms with E-state index in [2.05, 4.69) is 9.97 Å². The molecular weight excluding hydrogens is 482 g/mol. The van der Waals surface area contributed by atoms with Gasteiger partial charge in [0.1, 0.15) is 11.1 Å². The summed E-state index contributed by atoms with van der Waals surface area (Å²) in [7, 11) is -3.86. The van der Waals surface area contributed by atoms with Crippen LogP contribution in [-0.4, -0.2) is 62.9 Å². The number of pyridine rings is 1. The van der Waals surface area contributed by atoms with Crippen molar-refractivity contribution in [2.45, 2.75) is 50.2 Å². The minimum atomic E-state index is -3.86. The molecular formula is C25H27N5O5S. The molecule has 1 aliphatic heterocycles. The van der Waals surface area contributed by atoms with Gasteiger partial charge in [0.15, 0.2) is 17.8 Å². The van der Waals surface area contributed by atoms with E-state index in [1.54, 1.807) is 29.2 Å². The number of imidazole rings is 1. The molecule has 0 saturated carbocycles. The second-order valence-electron chi connectivity index (χ2n) is 9.82. The molecule has 0 radical (unpaired) electrons. The van der Waals surface area contributed by atoms with Crippen molar-refractivity contribution in [1.82, 2.24) is 23.4 Å². The average molecular weight is 510 g/mol. The van der Waals surface area contributed by atoms with E-state index in [0.29, 0.717) is 48.6 Å². The Balaban J connectivity index is 1.54. The maximum atomic E-state index is 13.3. The molecule has 0 unspecified atom stereocenters. The van der Waals surface area contributed by atoms with Crippen molar-refractivity contribution in [3.8, 4) is 0 Å². The molecule has 1 aliphatic rings. The van der Waals surface area contributed by atoms with Crippen molar-refractivity contribution in [1.29, 1.82) is 0 Å². The third kappa shape index (κ3) is 4.13. The number of nitrogens with zero attached hydrogens (tertiary/aromatic N) is 5. The van der Waals surface area contributed by atoms with E-state index in [4.69, 9.17) is 4.74 Å². The largest absolute Gasteiger partial charge is 0.444 e. The Morgan fingerprint density at radius 1 is 1.11 bits per heavy atom. The Bertz CT molecular complexity index is 1560. The minimum absolute atomic E-state index is 0.103. The van der Waals surface area contributed by atoms with Crippen LogP contribution in [0.15, 0.2) is 53.7 Å². The normalized spacial score (nSPS) is 15.5. The maximum absolute atomic E-state index is 13.3. The van der Waals surface area contributed by atoms with E-state index in [9.17, 15) is 18.0 Å². The number of benzene rings is 1. The van der Waals surface area contributed by atoms with Gasteiger partial charge in [-0.15, -0.1) is 0 Å². The fourth-order valence-electron chi connectivity index (χ4n) is 4.65. The predicted octanol–water partition coefficient (Wildman–Crippen LogP) is 4.01. The highest BCUT2D eigenvalue weighted by Gasteiger charge is 2.30. The Hall–Kier alpha value is -3.73. The van der Waals surface area contributed by atoms with Crippen LogP contribution in [-0.2, 0) is 14.8 Å². The summed E-state index contributed by atoms with van der Waals surface area (Å²) >= 11 is 0. The van der Waals surface area contributed by atoms with Crippen LogP contribution in [0.2, 0.25) is 0 Å². The van der Waals surface area contributed by atoms with Gasteiger partial charge >= 0.3 is 6.09 Å². The van der Waals surface area contributed by atoms with Crippen molar-refractivity contribution in [2.75, 3.05) is 13.1 Å². The van der Waals surface area contributed by atoms with E-state index in [1.165, 1.54) is 24.5 Å². The Morgan fingerprint density at radius 2 is 1.81 bits per heavy atom. The van der Waals surface area contributed by atoms with E-state index >= 15 is 0 Å². The zero-order valence-corrected chi connectivity index (χ0v) is 21.1. The van der Waals surface area contributed by atoms with Crippen molar-refractivity contribution < 1.29 is 22.7 Å². The third-order valence-electron chi connectivity index (χ3n) is 6.24. The molecule has 1 amide bonds. The number of rotatable bonds is 4. The second kappa shape index (κ2) is 8.74. The molecule has 3 aromatic heterocycles. The van der Waals surface area contributed by atoms with Crippen molar-refractivity contribution >= 4 is 44.5 Å². The zero-order valence-electron chi connectivity index (χ0n) is 20.3. The molecule has 36 heavy (non-hydrogen) atoms. The molecule has 10 nitrogen and oxygen atoms in total. The fourth-order valence-corrected chi connectivity index (χ4v) is 5.97. The van der Waals surface area contributed by atoms with E-state index in [1.807, 2.05) is 25.3 Å². The lowest BCUT2D eigenvalue weighted by atomic mass is 10.0. The maximum Gasteiger partial charge on any atom is 0.410 e. The number of hydrogen-bond acceptors (Lipinski definition) is 7. The number of ether oxygens (including phenoxy) is 1. The number of carbonyl (C=O) groups is 2. The van der Waals surface area contributed by atoms with Gasteiger partial charge in [0.05, 0.1) is 16.6 Å². The first-order chi connectivity index (χ1) is 17.1. The standard InChI is InChI=1S/C25H27N5O5S/c1-25(2,3)35-24(32)28-12-9-17(10-13-28)30-21(16-31)27-20-15-26-23-19(22(20)30)11-14-29(23)36(33,34)18-7-5-4-6-8-18/h4-8,11,14-17H,9-10,12-13H2,1-3H3. The first-order valence-corrected chi connectivity index (χ1v) is 13.2. The van der Waals surface area contributed by atoms with Crippen LogP contribution < -0.4 is 0 Å². The fraction of sp³-hybridized carbons (Fsp3) is 0.360. The van der Waals surface area contributed by atoms with Crippen LogP contribution in [0.25, 0.3) is 22.1 Å². The molecule has 1 aromatic carbocycles. The van der Waals surface area contributed by atoms with E-state index in [-0.39, 0.29) is 28.5 Å². The quantitative estimate of drug-likeness (QED) is 0.382. The number of aldehydes is 1. The molecule has 5 rings (SSSR count). The Labute approximate surface area is 208 Å². The van der Waals surface area contributed by atoms with Gasteiger partial charge in [-0.1, -0.05) is 18.2 Å². The van der Waals surface area contributed by atoms with Crippen molar-refractivity contribution in [3.63, 3.8) is 0 Å². The summed E-state index contributed by atoms with van der Waals surface area (Å²) in [5, 5.41) is 0.585. The van der Waals surface area contributed by atoms with Crippen LogP contribution in [0.5, 0.6) is 0 Å². The first-order valence-electron chi connectivity index (χ1n) is 11.7. The van der Waals surface area contributed by atoms with Gasteiger partial charge in [-0.05, 0) is 51.8 Å². The monoisotopic (exact) mass is 509 g/mol. The summed E-state index contributed by atoms with van der Waals surface area (Å²) in [5.74, 6) is 0.244. The third-order valence-corrected chi connectivity index (χ3v) is 7.92. The molecule has 0 N–H and O–H groups in total. The lowest BCUT2D eigenvalue weighted by Crippen LogP contribution is -2.42. The Morgan fingerprint density at radius 3 is 2.44 bits per heavy atom. The number of likely N-dealkylation sites (tertiary alicyclic amines) is 1. The van der Waals surface area contributed by atoms with E-state index < -0.39 is 15.6 Å². The van der Waals surface area contributed by atoms with Crippen LogP contribution >= 0.6 is 0 Å². The van der Waals surface area contributed by atoms with Gasteiger partial charge in [-0.3, -0.25) is 4.79 Å². The molecule has 4 heterocycles. The van der Waals surface area contributed by atoms with Crippen LogP contribution in [0, 0.1) is 0 Å². The predicted molar refractivity (Wildman–Crippen MR) is 134 cm³/mol. The molecule has 4 aromatic rings. The summed E-state index contributed by atoms with van der Waals surface area (Å²) in [6.07, 6.45) is 4.50. The molecule has 1 saturated heterocycles. The van der Waals surface area contributed by atoms with Gasteiger partial charge in [0, 0.05) is 30.7 Å². The number of aromatic nitrogens is 4. The number of hydrogen-bond donors (Lipinski definition) is 0. The molecule has 0 spiro atoms. The van der Waals surface area contributed by atoms with Gasteiger partial charge < -0.3 is 14.2 Å². The SMILES string of the molecule is CC(C)(C)OC(=O)N1CCC(n2c(C=O)nc3cnc4c(ccn4S(=O)(=O)c4ccccc4)c32)CC1. The minimum Gasteiger partial charge on any atom is -0.444 e. The zero-order chi connectivity index (χ0) is 25.7. The molecule has 188 valence electrons. The molecule has 0 atom stereocenters. The number of amides is 1. The highest BCUT2D eigenvalue weighted by molar-refractivity contribution is 7.90. The summed E-state index contributed by atoms with van der Waals surface area (Å²) < 4.78 is 35.1. The number of carbonyl (C=O) groups excluding carboxylic acids is 2. The molecule has 1 fully saturated rings. The first kappa shape index (κ1) is 24.0. The second-order valence-corrected chi connectivity index (χ2v) is 11.6. The van der Waals surface area contributed by atoms with Gasteiger partial charge in [-0.2, -0.15) is 0 Å². The highest BCUT2D eigenvalue weighted by atomic mass is 32.2. The summed E-state index contributed by atoms with van der Waals surface area (Å²) in [4.78, 5) is 35.1. The van der Waals surface area contributed by atoms with Crippen LogP contribution in [0.1, 0.15) is 50.3 Å². The van der Waals surface area contributed by atoms with Crippen LogP contribution in [0.4, 0.5) is 4.79 Å². The molecule has 0 aliphatic carbocycles. The summed E-state index contributed by atoms with van der Waals surface area (Å²) in [5.41, 5.74) is 0.843. The lowest BCUT2D eigenvalue weighted by Gasteiger charge is -2.34. The van der Waals surface area contributed by atoms with Gasteiger partial charge in [0.2, 0.25) is 0 Å². The lowest BCUT2D eigenvalue weighted by molar-refractivity contribution is 0.0189. The van der Waals surface area contributed by atoms with Crippen molar-refractivity contribution in [2.24, 2.45) is 0 Å². The van der Waals surface area contributed by atoms with Gasteiger partial charge in [-0.25, -0.2) is 27.2 Å². The highest BCUT2D eigenvalue weighted by Crippen LogP contribution is 2.33. The van der Waals surface area contributed by atoms with E-state index in [0.717, 1.165) is 3.97 Å². The average Bonchev–Trinajstić information content (AvgIpc) is 3.45. The summed E-state index contributed by atoms with van der Waals surface area (Å²) in [6.45, 7) is 6.42. The van der Waals surface area contributed by atoms with Crippen LogP contribution in [0.3, 0.4) is 0 Å². The molecule has 11 heteroatoms. The van der Waals surface area contributed by atoms with Crippen molar-refractivity contribution in [3.05, 3.63) is 54.6 Å². The molecule has 0 bridgehead atoms. The number of fused-ring (bicyclic) bond motifs is 3. The Kier molecular flexibility index (Phi) is 5.82. The van der Waals surface area contributed by atoms with Gasteiger partial charge in [0.25, 0.3) is 10.0 Å². The topological polar surface area (TPSA) is 116 Å². The number of piperidine rings is 1.